The monoisotopic (exact) mass is 201 g/mol. The minimum absolute atomic E-state index is 0.374. The van der Waals surface area contributed by atoms with E-state index in [-0.39, 0.29) is 0 Å². The lowest BCUT2D eigenvalue weighted by atomic mass is 10.3. The van der Waals surface area contributed by atoms with E-state index in [1.807, 2.05) is 13.0 Å². The van der Waals surface area contributed by atoms with Gasteiger partial charge in [-0.1, -0.05) is 0 Å². The molecule has 2 heterocycles. The maximum absolute atomic E-state index is 5.65. The molecule has 15 heavy (non-hydrogen) atoms. The van der Waals surface area contributed by atoms with E-state index in [1.165, 1.54) is 0 Å². The SMILES string of the molecule is Cc1cncc(Nc2nccnc2N)c1. The summed E-state index contributed by atoms with van der Waals surface area (Å²) in [5.74, 6) is 0.920. The van der Waals surface area contributed by atoms with E-state index in [4.69, 9.17) is 5.73 Å². The number of rotatable bonds is 2. The fourth-order valence-electron chi connectivity index (χ4n) is 1.21. The molecule has 0 fully saturated rings. The zero-order valence-electron chi connectivity index (χ0n) is 8.31. The number of nitrogen functional groups attached to an aromatic ring is 1. The van der Waals surface area contributed by atoms with Crippen LogP contribution in [0.25, 0.3) is 0 Å². The molecule has 0 saturated carbocycles. The average Bonchev–Trinajstić information content (AvgIpc) is 2.22. The third-order valence-electron chi connectivity index (χ3n) is 1.86. The lowest BCUT2D eigenvalue weighted by Gasteiger charge is -2.06. The maximum atomic E-state index is 5.65. The molecule has 2 rings (SSSR count). The lowest BCUT2D eigenvalue weighted by molar-refractivity contribution is 1.20. The highest BCUT2D eigenvalue weighted by Crippen LogP contribution is 2.17. The van der Waals surface area contributed by atoms with Gasteiger partial charge in [0.15, 0.2) is 11.6 Å². The normalized spacial score (nSPS) is 9.93. The van der Waals surface area contributed by atoms with Gasteiger partial charge in [0.25, 0.3) is 0 Å². The summed E-state index contributed by atoms with van der Waals surface area (Å²) in [6.07, 6.45) is 6.63. The number of pyridine rings is 1. The van der Waals surface area contributed by atoms with Crippen molar-refractivity contribution in [1.82, 2.24) is 15.0 Å². The zero-order chi connectivity index (χ0) is 10.7. The van der Waals surface area contributed by atoms with E-state index in [9.17, 15) is 0 Å². The van der Waals surface area contributed by atoms with Crippen molar-refractivity contribution in [2.24, 2.45) is 0 Å². The van der Waals surface area contributed by atoms with E-state index in [0.717, 1.165) is 11.3 Å². The highest BCUT2D eigenvalue weighted by atomic mass is 15.1. The van der Waals surface area contributed by atoms with Gasteiger partial charge in [-0.2, -0.15) is 0 Å². The van der Waals surface area contributed by atoms with Gasteiger partial charge in [-0.25, -0.2) is 9.97 Å². The molecule has 0 aromatic carbocycles. The first-order valence-corrected chi connectivity index (χ1v) is 4.51. The number of aryl methyl sites for hydroxylation is 1. The van der Waals surface area contributed by atoms with E-state index < -0.39 is 0 Å². The molecule has 0 aliphatic rings. The van der Waals surface area contributed by atoms with Crippen molar-refractivity contribution < 1.29 is 0 Å². The average molecular weight is 201 g/mol. The molecule has 0 unspecified atom stereocenters. The van der Waals surface area contributed by atoms with Gasteiger partial charge in [0, 0.05) is 18.6 Å². The Morgan fingerprint density at radius 3 is 2.73 bits per heavy atom. The summed E-state index contributed by atoms with van der Waals surface area (Å²) in [7, 11) is 0. The molecule has 5 heteroatoms. The molecular formula is C10H11N5. The minimum Gasteiger partial charge on any atom is -0.381 e. The largest absolute Gasteiger partial charge is 0.381 e. The van der Waals surface area contributed by atoms with Crippen LogP contribution in [0.4, 0.5) is 17.3 Å². The van der Waals surface area contributed by atoms with Crippen LogP contribution in [0.2, 0.25) is 0 Å². The van der Waals surface area contributed by atoms with Crippen LogP contribution in [-0.2, 0) is 0 Å². The Balaban J connectivity index is 2.26. The van der Waals surface area contributed by atoms with Crippen molar-refractivity contribution in [3.63, 3.8) is 0 Å². The molecule has 3 N–H and O–H groups in total. The number of nitrogens with one attached hydrogen (secondary N) is 1. The van der Waals surface area contributed by atoms with Crippen LogP contribution >= 0.6 is 0 Å². The van der Waals surface area contributed by atoms with Crippen molar-refractivity contribution in [2.75, 3.05) is 11.1 Å². The Labute approximate surface area is 87.4 Å². The summed E-state index contributed by atoms with van der Waals surface area (Å²) in [4.78, 5) is 12.1. The number of nitrogens with two attached hydrogens (primary N) is 1. The number of aromatic nitrogens is 3. The summed E-state index contributed by atoms with van der Waals surface area (Å²) in [5, 5.41) is 3.05. The molecule has 0 bridgehead atoms. The topological polar surface area (TPSA) is 76.7 Å². The van der Waals surface area contributed by atoms with Crippen molar-refractivity contribution in [3.8, 4) is 0 Å². The second kappa shape index (κ2) is 3.91. The van der Waals surface area contributed by atoms with Gasteiger partial charge in [-0.05, 0) is 18.6 Å². The van der Waals surface area contributed by atoms with Crippen LogP contribution in [0.15, 0.2) is 30.9 Å². The summed E-state index contributed by atoms with van der Waals surface area (Å²) < 4.78 is 0. The Kier molecular flexibility index (Phi) is 2.45. The van der Waals surface area contributed by atoms with Crippen LogP contribution in [0.3, 0.4) is 0 Å². The van der Waals surface area contributed by atoms with Crippen LogP contribution in [0, 0.1) is 6.92 Å². The van der Waals surface area contributed by atoms with Gasteiger partial charge < -0.3 is 11.1 Å². The molecule has 76 valence electrons. The molecule has 2 aromatic heterocycles. The fourth-order valence-corrected chi connectivity index (χ4v) is 1.21. The second-order valence-corrected chi connectivity index (χ2v) is 3.17. The van der Waals surface area contributed by atoms with Gasteiger partial charge in [0.2, 0.25) is 0 Å². The summed E-state index contributed by atoms with van der Waals surface area (Å²) in [5.41, 5.74) is 7.57. The number of hydrogen-bond acceptors (Lipinski definition) is 5. The Hall–Kier alpha value is -2.17. The van der Waals surface area contributed by atoms with Gasteiger partial charge in [-0.3, -0.25) is 4.98 Å². The summed E-state index contributed by atoms with van der Waals surface area (Å²) in [6, 6.07) is 1.96. The van der Waals surface area contributed by atoms with Crippen molar-refractivity contribution in [3.05, 3.63) is 36.4 Å². The van der Waals surface area contributed by atoms with E-state index >= 15 is 0 Å². The van der Waals surface area contributed by atoms with Crippen LogP contribution in [0.5, 0.6) is 0 Å². The minimum atomic E-state index is 0.374. The van der Waals surface area contributed by atoms with Gasteiger partial charge in [0.1, 0.15) is 0 Å². The Morgan fingerprint density at radius 2 is 2.00 bits per heavy atom. The Morgan fingerprint density at radius 1 is 1.20 bits per heavy atom. The molecule has 5 nitrogen and oxygen atoms in total. The molecule has 0 saturated heterocycles. The van der Waals surface area contributed by atoms with Gasteiger partial charge in [0.05, 0.1) is 11.9 Å². The standard InChI is InChI=1S/C10H11N5/c1-7-4-8(6-12-5-7)15-10-9(11)13-2-3-14-10/h2-6H,1H3,(H2,11,13)(H,14,15). The number of hydrogen-bond donors (Lipinski definition) is 2. The molecule has 0 spiro atoms. The molecular weight excluding hydrogens is 190 g/mol. The van der Waals surface area contributed by atoms with Crippen LogP contribution in [0.1, 0.15) is 5.56 Å². The third kappa shape index (κ3) is 2.19. The van der Waals surface area contributed by atoms with Gasteiger partial charge in [-0.15, -0.1) is 0 Å². The quantitative estimate of drug-likeness (QED) is 0.770. The van der Waals surface area contributed by atoms with E-state index in [2.05, 4.69) is 20.3 Å². The van der Waals surface area contributed by atoms with Crippen LogP contribution in [-0.4, -0.2) is 15.0 Å². The first-order chi connectivity index (χ1) is 7.25. The van der Waals surface area contributed by atoms with Crippen LogP contribution < -0.4 is 11.1 Å². The van der Waals surface area contributed by atoms with Crippen molar-refractivity contribution >= 4 is 17.3 Å². The number of anilines is 3. The fraction of sp³-hybridized carbons (Fsp3) is 0.100. The van der Waals surface area contributed by atoms with Crippen molar-refractivity contribution in [2.45, 2.75) is 6.92 Å². The Bertz CT molecular complexity index is 469. The summed E-state index contributed by atoms with van der Waals surface area (Å²) >= 11 is 0. The highest BCUT2D eigenvalue weighted by Gasteiger charge is 2.01. The molecule has 0 aliphatic heterocycles. The zero-order valence-corrected chi connectivity index (χ0v) is 8.31. The lowest BCUT2D eigenvalue weighted by Crippen LogP contribution is -2.01. The molecule has 0 radical (unpaired) electrons. The summed E-state index contributed by atoms with van der Waals surface area (Å²) in [6.45, 7) is 1.97. The first kappa shape index (κ1) is 9.39. The van der Waals surface area contributed by atoms with Crippen molar-refractivity contribution in [1.29, 1.82) is 0 Å². The molecule has 0 atom stereocenters. The smallest absolute Gasteiger partial charge is 0.173 e. The predicted molar refractivity (Wildman–Crippen MR) is 58.7 cm³/mol. The van der Waals surface area contributed by atoms with E-state index in [1.54, 1.807) is 24.8 Å². The second-order valence-electron chi connectivity index (χ2n) is 3.17. The third-order valence-corrected chi connectivity index (χ3v) is 1.86. The predicted octanol–water partition coefficient (Wildman–Crippen LogP) is 1.51. The number of nitrogens with zero attached hydrogens (tertiary/aromatic N) is 3. The van der Waals surface area contributed by atoms with Gasteiger partial charge >= 0.3 is 0 Å². The van der Waals surface area contributed by atoms with E-state index in [0.29, 0.717) is 11.6 Å². The first-order valence-electron chi connectivity index (χ1n) is 4.51. The highest BCUT2D eigenvalue weighted by molar-refractivity contribution is 5.64. The molecule has 2 aromatic rings. The molecule has 0 amide bonds. The maximum Gasteiger partial charge on any atom is 0.173 e. The molecule has 0 aliphatic carbocycles.